The summed E-state index contributed by atoms with van der Waals surface area (Å²) < 4.78 is 0.534. The van der Waals surface area contributed by atoms with Crippen molar-refractivity contribution >= 4 is 11.8 Å². The topological polar surface area (TPSA) is 12.0 Å². The van der Waals surface area contributed by atoms with Crippen molar-refractivity contribution in [3.8, 4) is 0 Å². The van der Waals surface area contributed by atoms with E-state index in [1.165, 1.54) is 57.9 Å². The molecule has 0 spiro atoms. The molecule has 0 heterocycles. The van der Waals surface area contributed by atoms with Gasteiger partial charge >= 0.3 is 0 Å². The summed E-state index contributed by atoms with van der Waals surface area (Å²) in [7, 11) is 0. The van der Waals surface area contributed by atoms with Gasteiger partial charge in [-0.2, -0.15) is 11.8 Å². The molecule has 0 aliphatic heterocycles. The first-order chi connectivity index (χ1) is 9.42. The fraction of sp³-hybridized carbons (Fsp3) is 1.00. The normalized spacial score (nSPS) is 42.0. The standard InChI is InChI=1S/C18H33NS/c1-16(2)14-8-11-17(3,12-14)15(16)19-13-18(20-4)9-6-5-7-10-18/h14-15,19H,5-13H2,1-4H3/t14-,15?,17+/m0/s1. The Labute approximate surface area is 130 Å². The molecule has 0 aromatic carbocycles. The second-order valence-corrected chi connectivity index (χ2v) is 9.95. The van der Waals surface area contributed by atoms with E-state index in [0.717, 1.165) is 12.0 Å². The molecule has 0 radical (unpaired) electrons. The van der Waals surface area contributed by atoms with Crippen molar-refractivity contribution < 1.29 is 0 Å². The molecule has 116 valence electrons. The molecule has 0 amide bonds. The van der Waals surface area contributed by atoms with Gasteiger partial charge in [-0.1, -0.05) is 40.0 Å². The van der Waals surface area contributed by atoms with Crippen LogP contribution in [0.5, 0.6) is 0 Å². The smallest absolute Gasteiger partial charge is 0.0281 e. The summed E-state index contributed by atoms with van der Waals surface area (Å²) in [6.07, 6.45) is 13.9. The van der Waals surface area contributed by atoms with E-state index >= 15 is 0 Å². The van der Waals surface area contributed by atoms with Crippen LogP contribution in [-0.2, 0) is 0 Å². The highest BCUT2D eigenvalue weighted by Crippen LogP contribution is 2.62. The fourth-order valence-corrected chi connectivity index (χ4v) is 6.67. The van der Waals surface area contributed by atoms with Crippen molar-refractivity contribution in [2.24, 2.45) is 16.7 Å². The lowest BCUT2D eigenvalue weighted by Gasteiger charge is -2.46. The zero-order chi connectivity index (χ0) is 14.4. The molecule has 3 rings (SSSR count). The van der Waals surface area contributed by atoms with Gasteiger partial charge < -0.3 is 5.32 Å². The molecule has 3 aliphatic carbocycles. The van der Waals surface area contributed by atoms with Crippen molar-refractivity contribution in [3.05, 3.63) is 0 Å². The predicted molar refractivity (Wildman–Crippen MR) is 90.4 cm³/mol. The SMILES string of the molecule is CSC1(CNC2C(C)(C)[C@H]3CC[C@]2(C)C3)CCCCC1. The molecule has 0 aromatic rings. The molecule has 0 aromatic heterocycles. The minimum Gasteiger partial charge on any atom is -0.312 e. The Hall–Kier alpha value is 0.310. The van der Waals surface area contributed by atoms with Gasteiger partial charge in [0.2, 0.25) is 0 Å². The number of rotatable bonds is 4. The summed E-state index contributed by atoms with van der Waals surface area (Å²) in [4.78, 5) is 0. The monoisotopic (exact) mass is 295 g/mol. The summed E-state index contributed by atoms with van der Waals surface area (Å²) in [5.74, 6) is 0.960. The van der Waals surface area contributed by atoms with Crippen LogP contribution >= 0.6 is 11.8 Å². The molecule has 1 unspecified atom stereocenters. The zero-order valence-electron chi connectivity index (χ0n) is 13.9. The van der Waals surface area contributed by atoms with Crippen LogP contribution in [0.1, 0.15) is 72.1 Å². The summed E-state index contributed by atoms with van der Waals surface area (Å²) in [6.45, 7) is 8.83. The first-order valence-corrected chi connectivity index (χ1v) is 9.93. The number of nitrogens with one attached hydrogen (secondary N) is 1. The molecular formula is C18H33NS. The highest BCUT2D eigenvalue weighted by molar-refractivity contribution is 8.00. The molecule has 3 fully saturated rings. The maximum absolute atomic E-state index is 4.08. The van der Waals surface area contributed by atoms with E-state index in [0.29, 0.717) is 15.6 Å². The first-order valence-electron chi connectivity index (χ1n) is 8.70. The van der Waals surface area contributed by atoms with E-state index < -0.39 is 0 Å². The van der Waals surface area contributed by atoms with E-state index in [2.05, 4.69) is 44.1 Å². The largest absolute Gasteiger partial charge is 0.312 e. The molecule has 3 aliphatic rings. The molecule has 0 saturated heterocycles. The van der Waals surface area contributed by atoms with Crippen LogP contribution in [0.2, 0.25) is 0 Å². The summed E-state index contributed by atoms with van der Waals surface area (Å²) in [5, 5.41) is 4.08. The minimum absolute atomic E-state index is 0.501. The van der Waals surface area contributed by atoms with Crippen LogP contribution in [0.25, 0.3) is 0 Å². The lowest BCUT2D eigenvalue weighted by atomic mass is 9.68. The van der Waals surface area contributed by atoms with Gasteiger partial charge in [-0.25, -0.2) is 0 Å². The number of thioether (sulfide) groups is 1. The van der Waals surface area contributed by atoms with Crippen LogP contribution in [0.15, 0.2) is 0 Å². The van der Waals surface area contributed by atoms with E-state index in [1.54, 1.807) is 0 Å². The Bertz CT molecular complexity index is 354. The van der Waals surface area contributed by atoms with E-state index in [-0.39, 0.29) is 0 Å². The lowest BCUT2D eigenvalue weighted by Crippen LogP contribution is -2.54. The van der Waals surface area contributed by atoms with Gasteiger partial charge in [-0.05, 0) is 55.1 Å². The first kappa shape index (κ1) is 15.2. The lowest BCUT2D eigenvalue weighted by molar-refractivity contribution is 0.105. The molecule has 3 atom stereocenters. The van der Waals surface area contributed by atoms with Crippen LogP contribution < -0.4 is 5.32 Å². The third-order valence-corrected chi connectivity index (χ3v) is 8.51. The van der Waals surface area contributed by atoms with Gasteiger partial charge in [-0.3, -0.25) is 0 Å². The third-order valence-electron chi connectivity index (χ3n) is 7.10. The molecule has 1 N–H and O–H groups in total. The van der Waals surface area contributed by atoms with Crippen LogP contribution in [-0.4, -0.2) is 23.6 Å². The average Bonchev–Trinajstić information content (AvgIpc) is 2.90. The molecule has 20 heavy (non-hydrogen) atoms. The highest BCUT2D eigenvalue weighted by atomic mass is 32.2. The predicted octanol–water partition coefficient (Wildman–Crippen LogP) is 4.86. The number of hydrogen-bond donors (Lipinski definition) is 1. The number of fused-ring (bicyclic) bond motifs is 2. The maximum Gasteiger partial charge on any atom is 0.0281 e. The van der Waals surface area contributed by atoms with Crippen molar-refractivity contribution in [3.63, 3.8) is 0 Å². The third kappa shape index (κ3) is 2.35. The van der Waals surface area contributed by atoms with E-state index in [4.69, 9.17) is 0 Å². The van der Waals surface area contributed by atoms with Gasteiger partial charge in [0.15, 0.2) is 0 Å². The zero-order valence-corrected chi connectivity index (χ0v) is 14.7. The van der Waals surface area contributed by atoms with Crippen molar-refractivity contribution in [2.45, 2.75) is 82.9 Å². The Balaban J connectivity index is 1.68. The average molecular weight is 296 g/mol. The minimum atomic E-state index is 0.501. The van der Waals surface area contributed by atoms with Gasteiger partial charge in [0.25, 0.3) is 0 Å². The number of hydrogen-bond acceptors (Lipinski definition) is 2. The van der Waals surface area contributed by atoms with E-state index in [1.807, 2.05) is 0 Å². The van der Waals surface area contributed by atoms with Crippen molar-refractivity contribution in [2.75, 3.05) is 12.8 Å². The second kappa shape index (κ2) is 5.19. The van der Waals surface area contributed by atoms with Crippen molar-refractivity contribution in [1.82, 2.24) is 5.32 Å². The van der Waals surface area contributed by atoms with Crippen LogP contribution in [0, 0.1) is 16.7 Å². The highest BCUT2D eigenvalue weighted by Gasteiger charge is 2.59. The molecule has 1 nitrogen and oxygen atoms in total. The van der Waals surface area contributed by atoms with Gasteiger partial charge in [0.05, 0.1) is 0 Å². The Morgan fingerprint density at radius 2 is 1.75 bits per heavy atom. The fourth-order valence-electron chi connectivity index (χ4n) is 5.75. The summed E-state index contributed by atoms with van der Waals surface area (Å²) in [6, 6.07) is 0.736. The summed E-state index contributed by atoms with van der Waals surface area (Å²) in [5.41, 5.74) is 1.07. The molecule has 2 heteroatoms. The van der Waals surface area contributed by atoms with Gasteiger partial charge in [0.1, 0.15) is 0 Å². The quantitative estimate of drug-likeness (QED) is 0.795. The Morgan fingerprint density at radius 1 is 1.05 bits per heavy atom. The van der Waals surface area contributed by atoms with Crippen LogP contribution in [0.4, 0.5) is 0 Å². The molecule has 2 bridgehead atoms. The molecule has 3 saturated carbocycles. The van der Waals surface area contributed by atoms with Crippen molar-refractivity contribution in [1.29, 1.82) is 0 Å². The van der Waals surface area contributed by atoms with Gasteiger partial charge in [0, 0.05) is 17.3 Å². The van der Waals surface area contributed by atoms with Gasteiger partial charge in [-0.15, -0.1) is 0 Å². The van der Waals surface area contributed by atoms with Crippen LogP contribution in [0.3, 0.4) is 0 Å². The maximum atomic E-state index is 4.08. The summed E-state index contributed by atoms with van der Waals surface area (Å²) >= 11 is 2.13. The Morgan fingerprint density at radius 3 is 2.30 bits per heavy atom. The second-order valence-electron chi connectivity index (χ2n) is 8.68. The Kier molecular flexibility index (Phi) is 3.95. The van der Waals surface area contributed by atoms with E-state index in [9.17, 15) is 0 Å². The molecular weight excluding hydrogens is 262 g/mol.